The minimum absolute atomic E-state index is 0.0591. The molecule has 3 aromatic rings. The molecule has 0 aliphatic heterocycles. The monoisotopic (exact) mass is 404 g/mol. The van der Waals surface area contributed by atoms with E-state index in [-0.39, 0.29) is 22.7 Å². The summed E-state index contributed by atoms with van der Waals surface area (Å²) < 4.78 is 5.11. The molecule has 4 N–H and O–H groups in total. The van der Waals surface area contributed by atoms with Gasteiger partial charge in [-0.3, -0.25) is 9.59 Å². The van der Waals surface area contributed by atoms with Crippen LogP contribution in [0.5, 0.6) is 11.5 Å². The van der Waals surface area contributed by atoms with Crippen LogP contribution in [-0.4, -0.2) is 23.9 Å². The molecule has 1 amide bonds. The number of carbonyl (C=O) groups excluding carboxylic acids is 2. The Bertz CT molecular complexity index is 1060. The lowest BCUT2D eigenvalue weighted by molar-refractivity contribution is 0.102. The molecule has 3 aromatic carbocycles. The third kappa shape index (κ3) is 4.43. The first-order chi connectivity index (χ1) is 14.4. The molecule has 0 aromatic heterocycles. The molecule has 0 bridgehead atoms. The molecule has 0 aliphatic rings. The Labute approximate surface area is 175 Å². The van der Waals surface area contributed by atoms with E-state index in [1.54, 1.807) is 36.4 Å². The topological polar surface area (TPSA) is 102 Å². The zero-order valence-corrected chi connectivity index (χ0v) is 16.9. The minimum Gasteiger partial charge on any atom is -0.507 e. The molecular formula is C24H24N2O4. The van der Waals surface area contributed by atoms with Crippen molar-refractivity contribution in [2.24, 2.45) is 0 Å². The largest absolute Gasteiger partial charge is 0.507 e. The average molecular weight is 404 g/mol. The van der Waals surface area contributed by atoms with Gasteiger partial charge in [-0.25, -0.2) is 0 Å². The Hall–Kier alpha value is -3.80. The quantitative estimate of drug-likeness (QED) is 0.307. The molecule has 0 saturated heterocycles. The Morgan fingerprint density at radius 3 is 2.20 bits per heavy atom. The van der Waals surface area contributed by atoms with Gasteiger partial charge in [0, 0.05) is 11.1 Å². The maximum Gasteiger partial charge on any atom is 0.255 e. The third-order valence-corrected chi connectivity index (χ3v) is 4.79. The number of anilines is 2. The van der Waals surface area contributed by atoms with E-state index in [1.807, 2.05) is 12.1 Å². The van der Waals surface area contributed by atoms with Crippen LogP contribution >= 0.6 is 0 Å². The molecule has 0 spiro atoms. The van der Waals surface area contributed by atoms with E-state index in [0.717, 1.165) is 18.4 Å². The number of carbonyl (C=O) groups is 2. The van der Waals surface area contributed by atoms with Gasteiger partial charge < -0.3 is 20.9 Å². The van der Waals surface area contributed by atoms with Crippen LogP contribution in [0.1, 0.15) is 45.2 Å². The molecule has 3 rings (SSSR count). The van der Waals surface area contributed by atoms with E-state index in [9.17, 15) is 14.7 Å². The fraction of sp³-hybridized carbons (Fsp3) is 0.167. The van der Waals surface area contributed by atoms with Crippen molar-refractivity contribution in [3.63, 3.8) is 0 Å². The number of ether oxygens (including phenoxy) is 1. The number of nitrogens with two attached hydrogens (primary N) is 1. The highest BCUT2D eigenvalue weighted by molar-refractivity contribution is 6.18. The van der Waals surface area contributed by atoms with E-state index in [2.05, 4.69) is 12.2 Å². The number of amides is 1. The Morgan fingerprint density at radius 1 is 0.967 bits per heavy atom. The van der Waals surface area contributed by atoms with Gasteiger partial charge in [-0.2, -0.15) is 0 Å². The van der Waals surface area contributed by atoms with Crippen molar-refractivity contribution in [3.05, 3.63) is 82.9 Å². The predicted octanol–water partition coefficient (Wildman–Crippen LogP) is 4.42. The molecule has 6 nitrogen and oxygen atoms in total. The van der Waals surface area contributed by atoms with Crippen molar-refractivity contribution in [1.29, 1.82) is 0 Å². The van der Waals surface area contributed by atoms with Crippen LogP contribution < -0.4 is 15.8 Å². The Balaban J connectivity index is 1.93. The molecule has 6 heteroatoms. The molecule has 0 heterocycles. The number of phenols is 1. The molecule has 0 saturated carbocycles. The highest BCUT2D eigenvalue weighted by atomic mass is 16.5. The van der Waals surface area contributed by atoms with Crippen molar-refractivity contribution in [2.75, 3.05) is 18.2 Å². The zero-order valence-electron chi connectivity index (χ0n) is 16.9. The van der Waals surface area contributed by atoms with E-state index in [1.165, 1.54) is 19.2 Å². The second-order valence-electron chi connectivity index (χ2n) is 6.88. The van der Waals surface area contributed by atoms with Crippen LogP contribution in [0.3, 0.4) is 0 Å². The van der Waals surface area contributed by atoms with Gasteiger partial charge in [0.25, 0.3) is 5.91 Å². The van der Waals surface area contributed by atoms with Gasteiger partial charge in [0.2, 0.25) is 0 Å². The van der Waals surface area contributed by atoms with Gasteiger partial charge in [0.15, 0.2) is 5.78 Å². The molecule has 30 heavy (non-hydrogen) atoms. The summed E-state index contributed by atoms with van der Waals surface area (Å²) in [4.78, 5) is 25.8. The van der Waals surface area contributed by atoms with Crippen LogP contribution in [0.4, 0.5) is 11.4 Å². The summed E-state index contributed by atoms with van der Waals surface area (Å²) >= 11 is 0. The number of hydrogen-bond acceptors (Lipinski definition) is 5. The number of aromatic hydroxyl groups is 1. The highest BCUT2D eigenvalue weighted by Crippen LogP contribution is 2.34. The van der Waals surface area contributed by atoms with Crippen LogP contribution in [-0.2, 0) is 6.42 Å². The second-order valence-corrected chi connectivity index (χ2v) is 6.88. The van der Waals surface area contributed by atoms with Gasteiger partial charge in [0.05, 0.1) is 24.0 Å². The van der Waals surface area contributed by atoms with Crippen LogP contribution in [0.15, 0.2) is 60.7 Å². The fourth-order valence-electron chi connectivity index (χ4n) is 3.16. The number of methoxy groups -OCH3 is 1. The number of phenolic OH excluding ortho intramolecular Hbond substituents is 1. The molecular weight excluding hydrogens is 380 g/mol. The normalized spacial score (nSPS) is 10.5. The van der Waals surface area contributed by atoms with Crippen molar-refractivity contribution < 1.29 is 19.4 Å². The summed E-state index contributed by atoms with van der Waals surface area (Å²) in [6.07, 6.45) is 1.95. The average Bonchev–Trinajstić information content (AvgIpc) is 2.76. The Morgan fingerprint density at radius 2 is 1.60 bits per heavy atom. The van der Waals surface area contributed by atoms with Gasteiger partial charge in [-0.05, 0) is 60.5 Å². The third-order valence-electron chi connectivity index (χ3n) is 4.79. The zero-order chi connectivity index (χ0) is 21.7. The van der Waals surface area contributed by atoms with E-state index < -0.39 is 11.7 Å². The SMILES string of the molecule is CCCc1ccc(C(=O)Nc2c(N)ccc(O)c2C(=O)c2ccc(OC)cc2)cc1. The summed E-state index contributed by atoms with van der Waals surface area (Å²) in [5.41, 5.74) is 8.15. The lowest BCUT2D eigenvalue weighted by Crippen LogP contribution is -2.17. The van der Waals surface area contributed by atoms with Crippen molar-refractivity contribution >= 4 is 23.1 Å². The highest BCUT2D eigenvalue weighted by Gasteiger charge is 2.22. The van der Waals surface area contributed by atoms with E-state index in [0.29, 0.717) is 16.9 Å². The fourth-order valence-corrected chi connectivity index (χ4v) is 3.16. The standard InChI is InChI=1S/C24H24N2O4/c1-3-4-15-5-7-17(8-6-15)24(29)26-22-19(25)13-14-20(27)21(22)23(28)16-9-11-18(30-2)12-10-16/h5-14,27H,3-4,25H2,1-2H3,(H,26,29). The predicted molar refractivity (Wildman–Crippen MR) is 117 cm³/mol. The minimum atomic E-state index is -0.462. The maximum atomic E-state index is 13.1. The van der Waals surface area contributed by atoms with E-state index >= 15 is 0 Å². The maximum absolute atomic E-state index is 13.1. The molecule has 0 unspecified atom stereocenters. The first kappa shape index (κ1) is 20.9. The summed E-state index contributed by atoms with van der Waals surface area (Å²) in [6.45, 7) is 2.09. The lowest BCUT2D eigenvalue weighted by Gasteiger charge is -2.15. The summed E-state index contributed by atoms with van der Waals surface area (Å²) in [5.74, 6) is -0.544. The van der Waals surface area contributed by atoms with Gasteiger partial charge in [0.1, 0.15) is 11.5 Å². The summed E-state index contributed by atoms with van der Waals surface area (Å²) in [5, 5.41) is 13.1. The molecule has 0 aliphatic carbocycles. The first-order valence-corrected chi connectivity index (χ1v) is 9.65. The summed E-state index contributed by atoms with van der Waals surface area (Å²) in [7, 11) is 1.53. The first-order valence-electron chi connectivity index (χ1n) is 9.65. The van der Waals surface area contributed by atoms with Crippen LogP contribution in [0, 0.1) is 0 Å². The van der Waals surface area contributed by atoms with Crippen molar-refractivity contribution in [3.8, 4) is 11.5 Å². The molecule has 0 atom stereocenters. The number of aryl methyl sites for hydroxylation is 1. The molecule has 0 radical (unpaired) electrons. The number of benzene rings is 3. The van der Waals surface area contributed by atoms with Gasteiger partial charge in [-0.1, -0.05) is 25.5 Å². The van der Waals surface area contributed by atoms with E-state index in [4.69, 9.17) is 10.5 Å². The Kier molecular flexibility index (Phi) is 6.37. The summed E-state index contributed by atoms with van der Waals surface area (Å²) in [6, 6.07) is 16.5. The van der Waals surface area contributed by atoms with Crippen LogP contribution in [0.2, 0.25) is 0 Å². The van der Waals surface area contributed by atoms with Gasteiger partial charge in [-0.15, -0.1) is 0 Å². The van der Waals surface area contributed by atoms with Crippen molar-refractivity contribution in [2.45, 2.75) is 19.8 Å². The van der Waals surface area contributed by atoms with Crippen LogP contribution in [0.25, 0.3) is 0 Å². The number of hydrogen-bond donors (Lipinski definition) is 3. The number of nitrogen functional groups attached to an aromatic ring is 1. The van der Waals surface area contributed by atoms with Gasteiger partial charge >= 0.3 is 0 Å². The molecule has 0 fully saturated rings. The lowest BCUT2D eigenvalue weighted by atomic mass is 9.99. The van der Waals surface area contributed by atoms with Crippen molar-refractivity contribution in [1.82, 2.24) is 0 Å². The number of rotatable bonds is 7. The molecule has 154 valence electrons. The number of ketones is 1. The smallest absolute Gasteiger partial charge is 0.255 e. The number of nitrogens with one attached hydrogen (secondary N) is 1. The second kappa shape index (κ2) is 9.13.